The quantitative estimate of drug-likeness (QED) is 0.532. The number of benzene rings is 2. The number of aromatic amines is 1. The van der Waals surface area contributed by atoms with Crippen molar-refractivity contribution in [2.45, 2.75) is 0 Å². The molecule has 0 radical (unpaired) electrons. The number of aromatic nitrogens is 4. The number of nitrogens with one attached hydrogen (secondary N) is 1. The van der Waals surface area contributed by atoms with Crippen LogP contribution in [0.1, 0.15) is 10.5 Å². The molecule has 1 amide bonds. The number of nitrogens with two attached hydrogens (primary N) is 1. The number of carbonyl (C=O) groups excluding carboxylic acids is 1. The van der Waals surface area contributed by atoms with Crippen molar-refractivity contribution in [3.8, 4) is 17.1 Å². The largest absolute Gasteiger partial charge is 0.364 e. The zero-order valence-electron chi connectivity index (χ0n) is 13.9. The van der Waals surface area contributed by atoms with Gasteiger partial charge in [0.25, 0.3) is 5.91 Å². The highest BCUT2D eigenvalue weighted by Crippen LogP contribution is 2.28. The number of imidazole rings is 1. The number of fused-ring (bicyclic) bond motifs is 1. The van der Waals surface area contributed by atoms with Crippen molar-refractivity contribution < 1.29 is 9.18 Å². The van der Waals surface area contributed by atoms with E-state index in [1.54, 1.807) is 12.1 Å². The number of hydrogen-bond acceptors (Lipinski definition) is 4. The van der Waals surface area contributed by atoms with Gasteiger partial charge in [-0.1, -0.05) is 35.3 Å². The number of hydrogen-bond donors (Lipinski definition) is 2. The van der Waals surface area contributed by atoms with E-state index < -0.39 is 17.4 Å². The Kier molecular flexibility index (Phi) is 4.37. The first-order valence-corrected chi connectivity index (χ1v) is 8.65. The Labute approximate surface area is 166 Å². The molecule has 0 saturated carbocycles. The molecule has 0 aliphatic heterocycles. The molecular formula is C18H10Cl2FN5O2. The van der Waals surface area contributed by atoms with Crippen molar-refractivity contribution in [2.75, 3.05) is 0 Å². The molecule has 0 saturated heterocycles. The summed E-state index contributed by atoms with van der Waals surface area (Å²) in [6.07, 6.45) is 0. The van der Waals surface area contributed by atoms with E-state index in [1.165, 1.54) is 30.3 Å². The van der Waals surface area contributed by atoms with Crippen molar-refractivity contribution in [3.05, 3.63) is 74.5 Å². The third kappa shape index (κ3) is 2.92. The molecule has 28 heavy (non-hydrogen) atoms. The molecule has 10 heteroatoms. The van der Waals surface area contributed by atoms with Gasteiger partial charge in [-0.15, -0.1) is 0 Å². The van der Waals surface area contributed by atoms with E-state index in [0.717, 1.165) is 4.57 Å². The number of halogens is 3. The zero-order valence-corrected chi connectivity index (χ0v) is 15.4. The van der Waals surface area contributed by atoms with Crippen molar-refractivity contribution in [2.24, 2.45) is 5.73 Å². The summed E-state index contributed by atoms with van der Waals surface area (Å²) in [6.45, 7) is 0. The van der Waals surface area contributed by atoms with Gasteiger partial charge in [0.1, 0.15) is 11.3 Å². The van der Waals surface area contributed by atoms with Crippen LogP contribution in [-0.4, -0.2) is 25.4 Å². The highest BCUT2D eigenvalue weighted by molar-refractivity contribution is 6.42. The van der Waals surface area contributed by atoms with Crippen LogP contribution in [0, 0.1) is 5.82 Å². The summed E-state index contributed by atoms with van der Waals surface area (Å²) < 4.78 is 15.3. The van der Waals surface area contributed by atoms with Crippen LogP contribution >= 0.6 is 23.2 Å². The van der Waals surface area contributed by atoms with Crippen LogP contribution in [0.5, 0.6) is 0 Å². The van der Waals surface area contributed by atoms with E-state index in [9.17, 15) is 14.0 Å². The lowest BCUT2D eigenvalue weighted by Gasteiger charge is -2.07. The molecule has 7 nitrogen and oxygen atoms in total. The van der Waals surface area contributed by atoms with E-state index >= 15 is 0 Å². The summed E-state index contributed by atoms with van der Waals surface area (Å²) in [5, 5.41) is 0.579. The van der Waals surface area contributed by atoms with Crippen molar-refractivity contribution in [1.82, 2.24) is 19.5 Å². The maximum atomic E-state index is 14.3. The maximum Gasteiger partial charge on any atom is 0.332 e. The third-order valence-electron chi connectivity index (χ3n) is 4.04. The minimum atomic E-state index is -0.879. The number of amides is 1. The summed E-state index contributed by atoms with van der Waals surface area (Å²) in [6, 6.07) is 10.3. The first kappa shape index (κ1) is 18.1. The molecule has 0 unspecified atom stereocenters. The number of para-hydroxylation sites is 1. The van der Waals surface area contributed by atoms with Gasteiger partial charge in [-0.05, 0) is 30.3 Å². The van der Waals surface area contributed by atoms with E-state index in [-0.39, 0.29) is 33.4 Å². The Morgan fingerprint density at radius 3 is 2.54 bits per heavy atom. The van der Waals surface area contributed by atoms with Crippen LogP contribution in [0.3, 0.4) is 0 Å². The number of primary amides is 1. The normalized spacial score (nSPS) is 11.1. The van der Waals surface area contributed by atoms with Crippen molar-refractivity contribution in [1.29, 1.82) is 0 Å². The summed E-state index contributed by atoms with van der Waals surface area (Å²) in [4.78, 5) is 35.4. The molecule has 3 N–H and O–H groups in total. The predicted octanol–water partition coefficient (Wildman–Crippen LogP) is 3.32. The van der Waals surface area contributed by atoms with E-state index in [1.807, 2.05) is 0 Å². The van der Waals surface area contributed by atoms with Crippen LogP contribution < -0.4 is 11.4 Å². The Bertz CT molecular complexity index is 1320. The Morgan fingerprint density at radius 1 is 1.11 bits per heavy atom. The minimum Gasteiger partial charge on any atom is -0.364 e. The first-order valence-electron chi connectivity index (χ1n) is 7.89. The number of H-pyrrole nitrogens is 1. The molecule has 0 atom stereocenters. The van der Waals surface area contributed by atoms with Gasteiger partial charge in [-0.3, -0.25) is 4.79 Å². The fraction of sp³-hybridized carbons (Fsp3) is 0. The van der Waals surface area contributed by atoms with Crippen LogP contribution in [-0.2, 0) is 0 Å². The topological polar surface area (TPSA) is 107 Å². The lowest BCUT2D eigenvalue weighted by atomic mass is 10.2. The second kappa shape index (κ2) is 6.74. The molecule has 4 rings (SSSR count). The monoisotopic (exact) mass is 417 g/mol. The van der Waals surface area contributed by atoms with Crippen molar-refractivity contribution >= 4 is 40.3 Å². The summed E-state index contributed by atoms with van der Waals surface area (Å²) in [5.74, 6) is -1.44. The molecule has 2 aromatic heterocycles. The summed E-state index contributed by atoms with van der Waals surface area (Å²) in [5.41, 5.74) is 4.93. The van der Waals surface area contributed by atoms with Gasteiger partial charge in [0.15, 0.2) is 17.2 Å². The molecule has 4 aromatic rings. The average Bonchev–Trinajstić information content (AvgIpc) is 2.99. The SMILES string of the molecule is NC(=O)c1nc(-c2ccc(Cl)c(Cl)c2)nc2c1[nH]c(=O)n2-c1ccccc1F. The van der Waals surface area contributed by atoms with Gasteiger partial charge in [0, 0.05) is 5.56 Å². The minimum absolute atomic E-state index is 0.0000255. The second-order valence-corrected chi connectivity index (χ2v) is 6.62. The van der Waals surface area contributed by atoms with Crippen LogP contribution in [0.4, 0.5) is 4.39 Å². The van der Waals surface area contributed by atoms with Gasteiger partial charge >= 0.3 is 5.69 Å². The van der Waals surface area contributed by atoms with Crippen LogP contribution in [0.25, 0.3) is 28.2 Å². The predicted molar refractivity (Wildman–Crippen MR) is 103 cm³/mol. The molecular weight excluding hydrogens is 408 g/mol. The Balaban J connectivity index is 2.08. The molecule has 0 fully saturated rings. The maximum absolute atomic E-state index is 14.3. The van der Waals surface area contributed by atoms with E-state index in [4.69, 9.17) is 28.9 Å². The number of nitrogens with zero attached hydrogens (tertiary/aromatic N) is 3. The van der Waals surface area contributed by atoms with E-state index in [0.29, 0.717) is 10.6 Å². The number of carbonyl (C=O) groups is 1. The van der Waals surface area contributed by atoms with Gasteiger partial charge in [0.2, 0.25) is 0 Å². The lowest BCUT2D eigenvalue weighted by molar-refractivity contribution is 0.0997. The Morgan fingerprint density at radius 2 is 1.86 bits per heavy atom. The van der Waals surface area contributed by atoms with E-state index in [2.05, 4.69) is 15.0 Å². The first-order chi connectivity index (χ1) is 13.4. The smallest absolute Gasteiger partial charge is 0.332 e. The van der Waals surface area contributed by atoms with Gasteiger partial charge in [0.05, 0.1) is 15.7 Å². The average molecular weight is 418 g/mol. The highest BCUT2D eigenvalue weighted by Gasteiger charge is 2.21. The van der Waals surface area contributed by atoms with Crippen molar-refractivity contribution in [3.63, 3.8) is 0 Å². The van der Waals surface area contributed by atoms with Gasteiger partial charge < -0.3 is 10.7 Å². The number of rotatable bonds is 3. The fourth-order valence-electron chi connectivity index (χ4n) is 2.78. The highest BCUT2D eigenvalue weighted by atomic mass is 35.5. The van der Waals surface area contributed by atoms with Crippen LogP contribution in [0.15, 0.2) is 47.3 Å². The molecule has 140 valence electrons. The molecule has 2 aromatic carbocycles. The molecule has 0 bridgehead atoms. The standard InChI is InChI=1S/C18H10Cl2FN5O2/c19-9-6-5-8(7-10(9)20)16-23-13(15(22)27)14-17(25-16)26(18(28)24-14)12-4-2-1-3-11(12)21/h1-7H,(H2,22,27)(H,24,28). The lowest BCUT2D eigenvalue weighted by Crippen LogP contribution is -2.16. The van der Waals surface area contributed by atoms with Gasteiger partial charge in [-0.25, -0.2) is 23.7 Å². The summed E-state index contributed by atoms with van der Waals surface area (Å²) in [7, 11) is 0. The fourth-order valence-corrected chi connectivity index (χ4v) is 3.08. The third-order valence-corrected chi connectivity index (χ3v) is 4.78. The molecule has 0 aliphatic rings. The summed E-state index contributed by atoms with van der Waals surface area (Å²) >= 11 is 12.0. The molecule has 0 aliphatic carbocycles. The second-order valence-electron chi connectivity index (χ2n) is 5.80. The Hall–Kier alpha value is -3.23. The molecule has 0 spiro atoms. The molecule has 2 heterocycles. The zero-order chi connectivity index (χ0) is 20.0. The van der Waals surface area contributed by atoms with Gasteiger partial charge in [-0.2, -0.15) is 0 Å². The van der Waals surface area contributed by atoms with Crippen LogP contribution in [0.2, 0.25) is 10.0 Å².